The molecule has 2 aromatic heterocycles. The number of amides is 1. The molecule has 1 aliphatic rings. The highest BCUT2D eigenvalue weighted by Gasteiger charge is 2.31. The summed E-state index contributed by atoms with van der Waals surface area (Å²) in [6.07, 6.45) is 4.25. The van der Waals surface area contributed by atoms with Crippen LogP contribution in [-0.2, 0) is 11.2 Å². The summed E-state index contributed by atoms with van der Waals surface area (Å²) >= 11 is 0. The van der Waals surface area contributed by atoms with Gasteiger partial charge in [-0.25, -0.2) is 4.39 Å². The van der Waals surface area contributed by atoms with Crippen LogP contribution in [-0.4, -0.2) is 51.1 Å². The van der Waals surface area contributed by atoms with Gasteiger partial charge in [-0.1, -0.05) is 29.4 Å². The SMILES string of the molecule is Cl.Cl.N[C@H](CCc1ccccc1F)C(=O)N1CCC[C@H]1CNc1nc(-c2ccccn2)no1. The van der Waals surface area contributed by atoms with Gasteiger partial charge in [0.05, 0.1) is 6.04 Å². The lowest BCUT2D eigenvalue weighted by molar-refractivity contribution is -0.133. The summed E-state index contributed by atoms with van der Waals surface area (Å²) in [5, 5.41) is 7.05. The number of carbonyl (C=O) groups is 1. The van der Waals surface area contributed by atoms with E-state index in [4.69, 9.17) is 10.3 Å². The van der Waals surface area contributed by atoms with Gasteiger partial charge in [-0.2, -0.15) is 4.98 Å². The Labute approximate surface area is 204 Å². The Morgan fingerprint density at radius 2 is 2.03 bits per heavy atom. The first-order valence-corrected chi connectivity index (χ1v) is 10.4. The summed E-state index contributed by atoms with van der Waals surface area (Å²) < 4.78 is 19.1. The molecule has 4 rings (SSSR count). The number of nitrogens with two attached hydrogens (primary N) is 1. The average molecular weight is 497 g/mol. The number of hydrogen-bond acceptors (Lipinski definition) is 7. The number of benzene rings is 1. The summed E-state index contributed by atoms with van der Waals surface area (Å²) in [4.78, 5) is 23.2. The van der Waals surface area contributed by atoms with Gasteiger partial charge in [0.1, 0.15) is 11.5 Å². The molecular formula is C22H27Cl2FN6O2. The van der Waals surface area contributed by atoms with Crippen molar-refractivity contribution in [1.82, 2.24) is 20.0 Å². The van der Waals surface area contributed by atoms with Gasteiger partial charge in [0.2, 0.25) is 11.7 Å². The Bertz CT molecular complexity index is 1020. The second-order valence-electron chi connectivity index (χ2n) is 7.58. The predicted octanol–water partition coefficient (Wildman–Crippen LogP) is 3.48. The number of anilines is 1. The Kier molecular flexibility index (Phi) is 10.0. The quantitative estimate of drug-likeness (QED) is 0.490. The molecule has 1 aromatic carbocycles. The van der Waals surface area contributed by atoms with Crippen LogP contribution in [0.4, 0.5) is 10.4 Å². The van der Waals surface area contributed by atoms with Gasteiger partial charge in [0.25, 0.3) is 0 Å². The maximum absolute atomic E-state index is 13.8. The lowest BCUT2D eigenvalue weighted by Gasteiger charge is -2.27. The predicted molar refractivity (Wildman–Crippen MR) is 128 cm³/mol. The van der Waals surface area contributed by atoms with E-state index in [1.165, 1.54) is 6.07 Å². The van der Waals surface area contributed by atoms with Crippen LogP contribution >= 0.6 is 24.8 Å². The monoisotopic (exact) mass is 496 g/mol. The van der Waals surface area contributed by atoms with Crippen LogP contribution in [0.15, 0.2) is 53.2 Å². The van der Waals surface area contributed by atoms with E-state index in [0.717, 1.165) is 12.8 Å². The fourth-order valence-electron chi connectivity index (χ4n) is 3.79. The topological polar surface area (TPSA) is 110 Å². The molecule has 3 aromatic rings. The molecule has 178 valence electrons. The molecule has 1 saturated heterocycles. The number of pyridine rings is 1. The maximum atomic E-state index is 13.8. The second-order valence-corrected chi connectivity index (χ2v) is 7.58. The van der Waals surface area contributed by atoms with Crippen molar-refractivity contribution in [3.63, 3.8) is 0 Å². The van der Waals surface area contributed by atoms with Gasteiger partial charge in [-0.15, -0.1) is 24.8 Å². The van der Waals surface area contributed by atoms with Gasteiger partial charge in [-0.05, 0) is 49.4 Å². The minimum Gasteiger partial charge on any atom is -0.337 e. The first-order valence-electron chi connectivity index (χ1n) is 10.4. The highest BCUT2D eigenvalue weighted by molar-refractivity contribution is 5.85. The molecule has 33 heavy (non-hydrogen) atoms. The van der Waals surface area contributed by atoms with E-state index in [1.54, 1.807) is 35.4 Å². The lowest BCUT2D eigenvalue weighted by Crippen LogP contribution is -2.48. The number of hydrogen-bond donors (Lipinski definition) is 2. The number of aryl methyl sites for hydroxylation is 1. The van der Waals surface area contributed by atoms with Crippen molar-refractivity contribution in [3.8, 4) is 11.5 Å². The number of nitrogens with one attached hydrogen (secondary N) is 1. The molecule has 1 aliphatic heterocycles. The van der Waals surface area contributed by atoms with Crippen LogP contribution in [0.3, 0.4) is 0 Å². The van der Waals surface area contributed by atoms with E-state index < -0.39 is 6.04 Å². The highest BCUT2D eigenvalue weighted by Crippen LogP contribution is 2.21. The molecule has 0 bridgehead atoms. The number of likely N-dealkylation sites (tertiary alicyclic amines) is 1. The Hall–Kier alpha value is -2.75. The molecular weight excluding hydrogens is 470 g/mol. The highest BCUT2D eigenvalue weighted by atomic mass is 35.5. The third-order valence-corrected chi connectivity index (χ3v) is 5.47. The third kappa shape index (κ3) is 6.63. The number of rotatable bonds is 8. The molecule has 0 saturated carbocycles. The van der Waals surface area contributed by atoms with Gasteiger partial charge in [-0.3, -0.25) is 9.78 Å². The zero-order valence-electron chi connectivity index (χ0n) is 17.9. The zero-order valence-corrected chi connectivity index (χ0v) is 19.5. The summed E-state index contributed by atoms with van der Waals surface area (Å²) in [5.41, 5.74) is 7.35. The number of aromatic nitrogens is 3. The van der Waals surface area contributed by atoms with Gasteiger partial charge in [0.15, 0.2) is 0 Å². The van der Waals surface area contributed by atoms with Crippen molar-refractivity contribution in [2.45, 2.75) is 37.8 Å². The second kappa shape index (κ2) is 12.5. The van der Waals surface area contributed by atoms with Crippen LogP contribution in [0.25, 0.3) is 11.5 Å². The molecule has 11 heteroatoms. The molecule has 0 unspecified atom stereocenters. The molecule has 3 N–H and O–H groups in total. The van der Waals surface area contributed by atoms with Crippen LogP contribution in [0.2, 0.25) is 0 Å². The summed E-state index contributed by atoms with van der Waals surface area (Å²) in [7, 11) is 0. The van der Waals surface area contributed by atoms with Crippen molar-refractivity contribution in [2.24, 2.45) is 5.73 Å². The Morgan fingerprint density at radius 3 is 2.79 bits per heavy atom. The fraction of sp³-hybridized carbons (Fsp3) is 0.364. The van der Waals surface area contributed by atoms with Crippen LogP contribution in [0.5, 0.6) is 0 Å². The van der Waals surface area contributed by atoms with Crippen molar-refractivity contribution in [2.75, 3.05) is 18.4 Å². The lowest BCUT2D eigenvalue weighted by atomic mass is 10.0. The van der Waals surface area contributed by atoms with Crippen molar-refractivity contribution in [1.29, 1.82) is 0 Å². The molecule has 0 radical (unpaired) electrons. The summed E-state index contributed by atoms with van der Waals surface area (Å²) in [6.45, 7) is 1.14. The summed E-state index contributed by atoms with van der Waals surface area (Å²) in [5.74, 6) is 0.0213. The van der Waals surface area contributed by atoms with Crippen molar-refractivity contribution in [3.05, 3.63) is 60.0 Å². The maximum Gasteiger partial charge on any atom is 0.321 e. The van der Waals surface area contributed by atoms with E-state index in [1.807, 2.05) is 12.1 Å². The number of nitrogens with zero attached hydrogens (tertiary/aromatic N) is 4. The van der Waals surface area contributed by atoms with Crippen LogP contribution in [0, 0.1) is 5.82 Å². The van der Waals surface area contributed by atoms with Crippen molar-refractivity contribution < 1.29 is 13.7 Å². The standard InChI is InChI=1S/C22H25FN6O2.2ClH/c23-17-8-2-1-6-15(17)10-11-18(24)21(30)29-13-5-7-16(29)14-26-22-27-20(28-31-22)19-9-3-4-12-25-19;;/h1-4,6,8-9,12,16,18H,5,7,10-11,13-14,24H2,(H,26,27,28);2*1H/t16-,18+;;/m0../s1. The van der Waals surface area contributed by atoms with Gasteiger partial charge < -0.3 is 20.5 Å². The summed E-state index contributed by atoms with van der Waals surface area (Å²) in [6, 6.07) is 11.6. The van der Waals surface area contributed by atoms with E-state index >= 15 is 0 Å². The van der Waals surface area contributed by atoms with E-state index in [9.17, 15) is 9.18 Å². The Balaban J connectivity index is 0.00000193. The zero-order chi connectivity index (χ0) is 21.6. The minimum atomic E-state index is -0.667. The van der Waals surface area contributed by atoms with Gasteiger partial charge >= 0.3 is 6.01 Å². The normalized spacial score (nSPS) is 15.9. The number of halogens is 3. The van der Waals surface area contributed by atoms with Crippen molar-refractivity contribution >= 4 is 36.7 Å². The smallest absolute Gasteiger partial charge is 0.321 e. The van der Waals surface area contributed by atoms with Crippen LogP contribution in [0.1, 0.15) is 24.8 Å². The van der Waals surface area contributed by atoms with E-state index in [-0.39, 0.29) is 48.6 Å². The Morgan fingerprint density at radius 1 is 1.24 bits per heavy atom. The largest absolute Gasteiger partial charge is 0.337 e. The molecule has 2 atom stereocenters. The molecule has 1 fully saturated rings. The number of carbonyl (C=O) groups excluding carboxylic acids is 1. The first kappa shape index (κ1) is 26.5. The molecule has 3 heterocycles. The van der Waals surface area contributed by atoms with E-state index in [2.05, 4.69) is 20.4 Å². The van der Waals surface area contributed by atoms with Gasteiger partial charge in [0, 0.05) is 25.3 Å². The molecule has 0 spiro atoms. The molecule has 8 nitrogen and oxygen atoms in total. The average Bonchev–Trinajstić information content (AvgIpc) is 3.46. The molecule has 1 amide bonds. The van der Waals surface area contributed by atoms with E-state index in [0.29, 0.717) is 43.0 Å². The van der Waals surface area contributed by atoms with Crippen LogP contribution < -0.4 is 11.1 Å². The third-order valence-electron chi connectivity index (χ3n) is 5.47. The minimum absolute atomic E-state index is 0. The molecule has 0 aliphatic carbocycles. The fourth-order valence-corrected chi connectivity index (χ4v) is 3.79. The first-order chi connectivity index (χ1) is 15.1.